The number of nitrogens with one attached hydrogen (secondary N) is 1. The van der Waals surface area contributed by atoms with E-state index in [2.05, 4.69) is 5.32 Å². The number of carbonyl (C=O) groups is 2. The highest BCUT2D eigenvalue weighted by molar-refractivity contribution is 5.97. The Morgan fingerprint density at radius 1 is 1.00 bits per heavy atom. The number of para-hydroxylation sites is 1. The van der Waals surface area contributed by atoms with Crippen molar-refractivity contribution in [2.75, 3.05) is 26.7 Å². The Morgan fingerprint density at radius 2 is 1.65 bits per heavy atom. The highest BCUT2D eigenvalue weighted by atomic mass is 16.5. The van der Waals surface area contributed by atoms with Gasteiger partial charge in [0.2, 0.25) is 0 Å². The normalized spacial score (nSPS) is 13.5. The standard InChI is InChI=1S/C21H24N2O3/c1-26-19-7-3-2-6-16(19)12-13-22-20(24)17-8-10-18(11-9-17)21(25)23-14-4-5-15-23/h2-3,6-11H,4-5,12-15H2,1H3,(H,22,24). The van der Waals surface area contributed by atoms with Crippen LogP contribution in [-0.4, -0.2) is 43.5 Å². The van der Waals surface area contributed by atoms with Gasteiger partial charge in [0, 0.05) is 30.8 Å². The smallest absolute Gasteiger partial charge is 0.253 e. The minimum atomic E-state index is -0.139. The zero-order valence-corrected chi connectivity index (χ0v) is 15.0. The minimum Gasteiger partial charge on any atom is -0.496 e. The van der Waals surface area contributed by atoms with Crippen LogP contribution in [0, 0.1) is 0 Å². The molecule has 2 aromatic rings. The number of carbonyl (C=O) groups excluding carboxylic acids is 2. The maximum atomic E-state index is 12.3. The second kappa shape index (κ2) is 8.52. The summed E-state index contributed by atoms with van der Waals surface area (Å²) in [4.78, 5) is 26.5. The molecule has 1 fully saturated rings. The van der Waals surface area contributed by atoms with E-state index in [-0.39, 0.29) is 11.8 Å². The molecule has 1 N–H and O–H groups in total. The van der Waals surface area contributed by atoms with E-state index >= 15 is 0 Å². The van der Waals surface area contributed by atoms with Crippen molar-refractivity contribution in [3.8, 4) is 5.75 Å². The van der Waals surface area contributed by atoms with Crippen LogP contribution in [0.15, 0.2) is 48.5 Å². The second-order valence-corrected chi connectivity index (χ2v) is 6.39. The summed E-state index contributed by atoms with van der Waals surface area (Å²) >= 11 is 0. The van der Waals surface area contributed by atoms with Crippen molar-refractivity contribution in [3.05, 3.63) is 65.2 Å². The van der Waals surface area contributed by atoms with E-state index in [1.165, 1.54) is 0 Å². The number of rotatable bonds is 6. The maximum absolute atomic E-state index is 12.3. The van der Waals surface area contributed by atoms with Gasteiger partial charge in [-0.15, -0.1) is 0 Å². The summed E-state index contributed by atoms with van der Waals surface area (Å²) in [6.45, 7) is 2.17. The zero-order valence-electron chi connectivity index (χ0n) is 15.0. The lowest BCUT2D eigenvalue weighted by molar-refractivity contribution is 0.0792. The van der Waals surface area contributed by atoms with Crippen molar-refractivity contribution in [1.29, 1.82) is 0 Å². The van der Waals surface area contributed by atoms with Crippen molar-refractivity contribution in [1.82, 2.24) is 10.2 Å². The molecule has 0 radical (unpaired) electrons. The molecule has 2 amide bonds. The largest absolute Gasteiger partial charge is 0.496 e. The molecule has 26 heavy (non-hydrogen) atoms. The summed E-state index contributed by atoms with van der Waals surface area (Å²) in [7, 11) is 1.64. The number of ether oxygens (including phenoxy) is 1. The molecule has 3 rings (SSSR count). The SMILES string of the molecule is COc1ccccc1CCNC(=O)c1ccc(C(=O)N2CCCC2)cc1. The minimum absolute atomic E-state index is 0.0469. The first kappa shape index (κ1) is 18.0. The van der Waals surface area contributed by atoms with Crippen LogP contribution >= 0.6 is 0 Å². The summed E-state index contributed by atoms with van der Waals surface area (Å²) in [5.74, 6) is 0.734. The van der Waals surface area contributed by atoms with E-state index < -0.39 is 0 Å². The first-order valence-electron chi connectivity index (χ1n) is 8.98. The van der Waals surface area contributed by atoms with E-state index in [9.17, 15) is 9.59 Å². The van der Waals surface area contributed by atoms with Crippen LogP contribution < -0.4 is 10.1 Å². The third-order valence-electron chi connectivity index (χ3n) is 4.66. The highest BCUT2D eigenvalue weighted by Gasteiger charge is 2.19. The number of likely N-dealkylation sites (tertiary alicyclic amines) is 1. The lowest BCUT2D eigenvalue weighted by Gasteiger charge is -2.15. The van der Waals surface area contributed by atoms with Crippen molar-refractivity contribution in [3.63, 3.8) is 0 Å². The van der Waals surface area contributed by atoms with E-state index in [1.807, 2.05) is 29.2 Å². The third kappa shape index (κ3) is 4.23. The summed E-state index contributed by atoms with van der Waals surface area (Å²) in [5.41, 5.74) is 2.25. The molecule has 0 unspecified atom stereocenters. The van der Waals surface area contributed by atoms with E-state index in [1.54, 1.807) is 31.4 Å². The molecule has 5 heteroatoms. The molecule has 0 bridgehead atoms. The molecule has 1 aliphatic heterocycles. The fourth-order valence-corrected chi connectivity index (χ4v) is 3.19. The van der Waals surface area contributed by atoms with Crippen molar-refractivity contribution < 1.29 is 14.3 Å². The van der Waals surface area contributed by atoms with Crippen molar-refractivity contribution in [2.45, 2.75) is 19.3 Å². The van der Waals surface area contributed by atoms with Gasteiger partial charge in [0.1, 0.15) is 5.75 Å². The van der Waals surface area contributed by atoms with E-state index in [0.717, 1.165) is 37.2 Å². The molecule has 0 aliphatic carbocycles. The van der Waals surface area contributed by atoms with Crippen LogP contribution in [0.4, 0.5) is 0 Å². The first-order valence-corrected chi connectivity index (χ1v) is 8.98. The molecule has 1 aliphatic rings. The molecule has 0 aromatic heterocycles. The van der Waals surface area contributed by atoms with Gasteiger partial charge in [0.25, 0.3) is 11.8 Å². The molecule has 0 atom stereocenters. The van der Waals surface area contributed by atoms with Crippen molar-refractivity contribution >= 4 is 11.8 Å². The number of benzene rings is 2. The lowest BCUT2D eigenvalue weighted by atomic mass is 10.1. The van der Waals surface area contributed by atoms with Gasteiger partial charge in [-0.05, 0) is 55.2 Å². The Hall–Kier alpha value is -2.82. The van der Waals surface area contributed by atoms with Crippen LogP contribution in [0.25, 0.3) is 0 Å². The number of amides is 2. The second-order valence-electron chi connectivity index (χ2n) is 6.39. The Balaban J connectivity index is 1.54. The lowest BCUT2D eigenvalue weighted by Crippen LogP contribution is -2.28. The van der Waals surface area contributed by atoms with Crippen LogP contribution in [0.2, 0.25) is 0 Å². The maximum Gasteiger partial charge on any atom is 0.253 e. The van der Waals surface area contributed by atoms with Gasteiger partial charge < -0.3 is 15.0 Å². The molecular formula is C21H24N2O3. The Morgan fingerprint density at radius 3 is 2.35 bits per heavy atom. The van der Waals surface area contributed by atoms with Crippen LogP contribution in [0.3, 0.4) is 0 Å². The molecular weight excluding hydrogens is 328 g/mol. The van der Waals surface area contributed by atoms with Gasteiger partial charge in [-0.3, -0.25) is 9.59 Å². The van der Waals surface area contributed by atoms with Gasteiger partial charge in [-0.25, -0.2) is 0 Å². The predicted molar refractivity (Wildman–Crippen MR) is 101 cm³/mol. The van der Waals surface area contributed by atoms with Gasteiger partial charge in [0.15, 0.2) is 0 Å². The molecule has 1 saturated heterocycles. The van der Waals surface area contributed by atoms with E-state index in [4.69, 9.17) is 4.74 Å². The van der Waals surface area contributed by atoms with Crippen LogP contribution in [0.5, 0.6) is 5.75 Å². The van der Waals surface area contributed by atoms with Gasteiger partial charge in [-0.2, -0.15) is 0 Å². The average molecular weight is 352 g/mol. The Bertz CT molecular complexity index is 765. The molecule has 0 spiro atoms. The summed E-state index contributed by atoms with van der Waals surface area (Å²) in [6.07, 6.45) is 2.83. The number of nitrogens with zero attached hydrogens (tertiary/aromatic N) is 1. The zero-order chi connectivity index (χ0) is 18.4. The predicted octanol–water partition coefficient (Wildman–Crippen LogP) is 2.90. The Labute approximate surface area is 154 Å². The summed E-state index contributed by atoms with van der Waals surface area (Å²) in [6, 6.07) is 14.7. The van der Waals surface area contributed by atoms with Gasteiger partial charge in [-0.1, -0.05) is 18.2 Å². The van der Waals surface area contributed by atoms with Gasteiger partial charge in [0.05, 0.1) is 7.11 Å². The van der Waals surface area contributed by atoms with Crippen LogP contribution in [0.1, 0.15) is 39.1 Å². The van der Waals surface area contributed by atoms with Crippen LogP contribution in [-0.2, 0) is 6.42 Å². The molecule has 0 saturated carbocycles. The average Bonchev–Trinajstić information content (AvgIpc) is 3.22. The fourth-order valence-electron chi connectivity index (χ4n) is 3.19. The molecule has 1 heterocycles. The number of hydrogen-bond acceptors (Lipinski definition) is 3. The monoisotopic (exact) mass is 352 g/mol. The fraction of sp³-hybridized carbons (Fsp3) is 0.333. The van der Waals surface area contributed by atoms with Gasteiger partial charge >= 0.3 is 0 Å². The third-order valence-corrected chi connectivity index (χ3v) is 4.66. The molecule has 136 valence electrons. The first-order chi connectivity index (χ1) is 12.7. The molecule has 2 aromatic carbocycles. The number of hydrogen-bond donors (Lipinski definition) is 1. The summed E-state index contributed by atoms with van der Waals surface area (Å²) < 4.78 is 5.32. The van der Waals surface area contributed by atoms with Crippen molar-refractivity contribution in [2.24, 2.45) is 0 Å². The Kier molecular flexibility index (Phi) is 5.89. The highest BCUT2D eigenvalue weighted by Crippen LogP contribution is 2.17. The summed E-state index contributed by atoms with van der Waals surface area (Å²) in [5, 5.41) is 2.91. The quantitative estimate of drug-likeness (QED) is 0.870. The van der Waals surface area contributed by atoms with E-state index in [0.29, 0.717) is 24.1 Å². The molecule has 5 nitrogen and oxygen atoms in total. The number of methoxy groups -OCH3 is 1. The topological polar surface area (TPSA) is 58.6 Å².